The quantitative estimate of drug-likeness (QED) is 0.415. The molecule has 1 fully saturated rings. The molecule has 0 radical (unpaired) electrons. The van der Waals surface area contributed by atoms with E-state index in [9.17, 15) is 4.79 Å². The topological polar surface area (TPSA) is 75.2 Å². The molecule has 144 valence electrons. The van der Waals surface area contributed by atoms with Crippen LogP contribution in [0.15, 0.2) is 29.3 Å². The van der Waals surface area contributed by atoms with Crippen molar-refractivity contribution in [1.29, 1.82) is 0 Å². The average molecular weight is 362 g/mol. The number of methoxy groups -OCH3 is 1. The monoisotopic (exact) mass is 362 g/mol. The van der Waals surface area contributed by atoms with E-state index in [0.717, 1.165) is 36.8 Å². The predicted octanol–water partition coefficient (Wildman–Crippen LogP) is 1.39. The van der Waals surface area contributed by atoms with Crippen LogP contribution in [0.5, 0.6) is 5.75 Å². The van der Waals surface area contributed by atoms with Crippen molar-refractivity contribution in [3.63, 3.8) is 0 Å². The van der Waals surface area contributed by atoms with Crippen molar-refractivity contribution in [3.8, 4) is 5.75 Å². The van der Waals surface area contributed by atoms with Gasteiger partial charge >= 0.3 is 0 Å². The number of guanidine groups is 1. The molecule has 7 nitrogen and oxygen atoms in total. The Kier molecular flexibility index (Phi) is 8.21. The van der Waals surface area contributed by atoms with Crippen molar-refractivity contribution >= 4 is 11.9 Å². The SMILES string of the molecule is CCC(=O)N1CCC(NC(=NC)NCCOCc2cccc(OC)c2)C1. The van der Waals surface area contributed by atoms with E-state index < -0.39 is 0 Å². The third-order valence-corrected chi connectivity index (χ3v) is 4.35. The number of hydrogen-bond acceptors (Lipinski definition) is 4. The maximum Gasteiger partial charge on any atom is 0.222 e. The van der Waals surface area contributed by atoms with Gasteiger partial charge in [-0.15, -0.1) is 0 Å². The van der Waals surface area contributed by atoms with Crippen LogP contribution in [0, 0.1) is 0 Å². The van der Waals surface area contributed by atoms with Gasteiger partial charge in [0.25, 0.3) is 0 Å². The van der Waals surface area contributed by atoms with E-state index in [1.807, 2.05) is 36.1 Å². The highest BCUT2D eigenvalue weighted by Crippen LogP contribution is 2.13. The summed E-state index contributed by atoms with van der Waals surface area (Å²) in [6.45, 7) is 5.22. The van der Waals surface area contributed by atoms with Gasteiger partial charge in [0, 0.05) is 39.1 Å². The summed E-state index contributed by atoms with van der Waals surface area (Å²) in [5.74, 6) is 1.79. The standard InChI is InChI=1S/C19H30N4O3/c1-4-18(24)23-10-8-16(13-23)22-19(20-2)21-9-11-26-14-15-6-5-7-17(12-15)25-3/h5-7,12,16H,4,8-11,13-14H2,1-3H3,(H2,20,21,22). The number of rotatable bonds is 8. The van der Waals surface area contributed by atoms with E-state index in [2.05, 4.69) is 15.6 Å². The van der Waals surface area contributed by atoms with Crippen LogP contribution in [0.25, 0.3) is 0 Å². The number of carbonyl (C=O) groups excluding carboxylic acids is 1. The number of ether oxygens (including phenoxy) is 2. The van der Waals surface area contributed by atoms with Gasteiger partial charge in [-0.3, -0.25) is 9.79 Å². The fraction of sp³-hybridized carbons (Fsp3) is 0.579. The lowest BCUT2D eigenvalue weighted by Gasteiger charge is -2.18. The van der Waals surface area contributed by atoms with Gasteiger partial charge in [-0.2, -0.15) is 0 Å². The van der Waals surface area contributed by atoms with Crippen LogP contribution in [0.2, 0.25) is 0 Å². The summed E-state index contributed by atoms with van der Waals surface area (Å²) in [5, 5.41) is 6.62. The Morgan fingerprint density at radius 2 is 2.27 bits per heavy atom. The van der Waals surface area contributed by atoms with Gasteiger partial charge < -0.3 is 25.0 Å². The second-order valence-electron chi connectivity index (χ2n) is 6.23. The summed E-state index contributed by atoms with van der Waals surface area (Å²) in [4.78, 5) is 17.9. The summed E-state index contributed by atoms with van der Waals surface area (Å²) in [7, 11) is 3.40. The minimum absolute atomic E-state index is 0.211. The van der Waals surface area contributed by atoms with E-state index in [-0.39, 0.29) is 11.9 Å². The maximum atomic E-state index is 11.7. The first-order valence-electron chi connectivity index (χ1n) is 9.12. The largest absolute Gasteiger partial charge is 0.497 e. The molecule has 0 aliphatic carbocycles. The Hall–Kier alpha value is -2.28. The van der Waals surface area contributed by atoms with Crippen molar-refractivity contribution in [2.75, 3.05) is 40.4 Å². The normalized spacial score (nSPS) is 17.3. The number of nitrogens with one attached hydrogen (secondary N) is 2. The van der Waals surface area contributed by atoms with Gasteiger partial charge in [0.05, 0.1) is 20.3 Å². The van der Waals surface area contributed by atoms with E-state index in [1.165, 1.54) is 0 Å². The van der Waals surface area contributed by atoms with Crippen molar-refractivity contribution in [2.24, 2.45) is 4.99 Å². The molecule has 0 saturated carbocycles. The van der Waals surface area contributed by atoms with Crippen LogP contribution in [0.1, 0.15) is 25.3 Å². The van der Waals surface area contributed by atoms with E-state index in [4.69, 9.17) is 9.47 Å². The molecular formula is C19H30N4O3. The Bertz CT molecular complexity index is 606. The molecular weight excluding hydrogens is 332 g/mol. The molecule has 1 aliphatic rings. The molecule has 2 N–H and O–H groups in total. The van der Waals surface area contributed by atoms with E-state index in [0.29, 0.717) is 26.2 Å². The molecule has 2 rings (SSSR count). The highest BCUT2D eigenvalue weighted by Gasteiger charge is 2.25. The molecule has 1 atom stereocenters. The summed E-state index contributed by atoms with van der Waals surface area (Å²) < 4.78 is 10.9. The molecule has 7 heteroatoms. The first-order valence-corrected chi connectivity index (χ1v) is 9.12. The van der Waals surface area contributed by atoms with Crippen LogP contribution in [0.3, 0.4) is 0 Å². The second-order valence-corrected chi connectivity index (χ2v) is 6.23. The van der Waals surface area contributed by atoms with Gasteiger partial charge in [0.1, 0.15) is 5.75 Å². The minimum Gasteiger partial charge on any atom is -0.497 e. The zero-order chi connectivity index (χ0) is 18.8. The second kappa shape index (κ2) is 10.7. The van der Waals surface area contributed by atoms with Crippen LogP contribution in [-0.4, -0.2) is 63.2 Å². The number of nitrogens with zero attached hydrogens (tertiary/aromatic N) is 2. The summed E-state index contributed by atoms with van der Waals surface area (Å²) >= 11 is 0. The summed E-state index contributed by atoms with van der Waals surface area (Å²) in [6, 6.07) is 8.10. The first kappa shape index (κ1) is 20.0. The van der Waals surface area contributed by atoms with E-state index in [1.54, 1.807) is 14.2 Å². The Morgan fingerprint density at radius 1 is 1.42 bits per heavy atom. The summed E-state index contributed by atoms with van der Waals surface area (Å²) in [5.41, 5.74) is 1.08. The highest BCUT2D eigenvalue weighted by molar-refractivity contribution is 5.80. The van der Waals surface area contributed by atoms with Gasteiger partial charge in [0.15, 0.2) is 5.96 Å². The van der Waals surface area contributed by atoms with Crippen LogP contribution >= 0.6 is 0 Å². The van der Waals surface area contributed by atoms with Crippen LogP contribution in [-0.2, 0) is 16.1 Å². The first-order chi connectivity index (χ1) is 12.7. The number of carbonyl (C=O) groups is 1. The third kappa shape index (κ3) is 6.22. The average Bonchev–Trinajstić information content (AvgIpc) is 3.14. The van der Waals surface area contributed by atoms with Crippen molar-refractivity contribution in [1.82, 2.24) is 15.5 Å². The summed E-state index contributed by atoms with van der Waals surface area (Å²) in [6.07, 6.45) is 1.50. The van der Waals surface area contributed by atoms with Crippen LogP contribution < -0.4 is 15.4 Å². The highest BCUT2D eigenvalue weighted by atomic mass is 16.5. The zero-order valence-corrected chi connectivity index (χ0v) is 16.0. The molecule has 1 aromatic carbocycles. The zero-order valence-electron chi connectivity index (χ0n) is 16.0. The van der Waals surface area contributed by atoms with Crippen molar-refractivity contribution < 1.29 is 14.3 Å². The lowest BCUT2D eigenvalue weighted by Crippen LogP contribution is -2.45. The number of amides is 1. The minimum atomic E-state index is 0.211. The Morgan fingerprint density at radius 3 is 3.00 bits per heavy atom. The maximum absolute atomic E-state index is 11.7. The molecule has 26 heavy (non-hydrogen) atoms. The molecule has 1 saturated heterocycles. The van der Waals surface area contributed by atoms with Crippen molar-refractivity contribution in [2.45, 2.75) is 32.4 Å². The molecule has 0 spiro atoms. The molecule has 1 heterocycles. The molecule has 1 amide bonds. The van der Waals surface area contributed by atoms with Gasteiger partial charge in [-0.25, -0.2) is 0 Å². The lowest BCUT2D eigenvalue weighted by molar-refractivity contribution is -0.129. The number of hydrogen-bond donors (Lipinski definition) is 2. The molecule has 0 bridgehead atoms. The van der Waals surface area contributed by atoms with Crippen LogP contribution in [0.4, 0.5) is 0 Å². The third-order valence-electron chi connectivity index (χ3n) is 4.35. The number of benzene rings is 1. The Balaban J connectivity index is 1.64. The Labute approximate surface area is 155 Å². The number of likely N-dealkylation sites (tertiary alicyclic amines) is 1. The number of aliphatic imine (C=N–C) groups is 1. The van der Waals surface area contributed by atoms with Gasteiger partial charge in [-0.1, -0.05) is 19.1 Å². The van der Waals surface area contributed by atoms with Crippen molar-refractivity contribution in [3.05, 3.63) is 29.8 Å². The van der Waals surface area contributed by atoms with Gasteiger partial charge in [-0.05, 0) is 24.1 Å². The molecule has 1 unspecified atom stereocenters. The fourth-order valence-corrected chi connectivity index (χ4v) is 2.91. The van der Waals surface area contributed by atoms with E-state index >= 15 is 0 Å². The smallest absolute Gasteiger partial charge is 0.222 e. The predicted molar refractivity (Wildman–Crippen MR) is 102 cm³/mol. The molecule has 1 aliphatic heterocycles. The van der Waals surface area contributed by atoms with Gasteiger partial charge in [0.2, 0.25) is 5.91 Å². The molecule has 0 aromatic heterocycles. The lowest BCUT2D eigenvalue weighted by atomic mass is 10.2. The molecule has 1 aromatic rings. The fourth-order valence-electron chi connectivity index (χ4n) is 2.91.